The van der Waals surface area contributed by atoms with Crippen molar-refractivity contribution >= 4 is 27.3 Å². The number of imidazole rings is 1. The van der Waals surface area contributed by atoms with Crippen LogP contribution in [0.1, 0.15) is 25.0 Å². The lowest BCUT2D eigenvalue weighted by Gasteiger charge is -2.24. The van der Waals surface area contributed by atoms with Gasteiger partial charge in [0.2, 0.25) is 5.78 Å². The Morgan fingerprint density at radius 1 is 0.429 bits per heavy atom. The van der Waals surface area contributed by atoms with Crippen LogP contribution in [0.15, 0.2) is 188 Å². The molecule has 1 aliphatic carbocycles. The average Bonchev–Trinajstić information content (AvgIpc) is 3.75. The van der Waals surface area contributed by atoms with E-state index in [9.17, 15) is 0 Å². The van der Waals surface area contributed by atoms with Crippen LogP contribution in [0.3, 0.4) is 0 Å². The molecule has 10 aromatic rings. The topological polar surface area (TPSA) is 30.2 Å². The molecule has 0 bridgehead atoms. The number of fused-ring (bicyclic) bond motifs is 6. The smallest absolute Gasteiger partial charge is 0.234 e. The van der Waals surface area contributed by atoms with Crippen molar-refractivity contribution in [1.82, 2.24) is 14.4 Å². The highest BCUT2D eigenvalue weighted by molar-refractivity contribution is 6.22. The Labute approximate surface area is 326 Å². The predicted molar refractivity (Wildman–Crippen MR) is 233 cm³/mol. The molecule has 0 saturated carbocycles. The summed E-state index contributed by atoms with van der Waals surface area (Å²) < 4.78 is 2.08. The summed E-state index contributed by atoms with van der Waals surface area (Å²) in [5.74, 6) is 0.693. The van der Waals surface area contributed by atoms with Gasteiger partial charge in [0.1, 0.15) is 0 Å². The lowest BCUT2D eigenvalue weighted by molar-refractivity contribution is 0.661. The van der Waals surface area contributed by atoms with Gasteiger partial charge in [0.15, 0.2) is 0 Å². The molecule has 0 aliphatic heterocycles. The highest BCUT2D eigenvalue weighted by Crippen LogP contribution is 2.54. The van der Waals surface area contributed by atoms with Gasteiger partial charge in [-0.15, -0.1) is 0 Å². The van der Waals surface area contributed by atoms with Gasteiger partial charge >= 0.3 is 0 Å². The van der Waals surface area contributed by atoms with Gasteiger partial charge in [-0.05, 0) is 101 Å². The zero-order valence-electron chi connectivity index (χ0n) is 31.2. The molecule has 2 heterocycles. The first kappa shape index (κ1) is 32.3. The Morgan fingerprint density at radius 3 is 1.61 bits per heavy atom. The second-order valence-corrected chi connectivity index (χ2v) is 15.4. The molecule has 3 heteroatoms. The molecule has 11 rings (SSSR count). The second-order valence-electron chi connectivity index (χ2n) is 15.4. The van der Waals surface area contributed by atoms with Crippen LogP contribution in [-0.2, 0) is 5.41 Å². The van der Waals surface area contributed by atoms with Crippen LogP contribution in [0.5, 0.6) is 0 Å². The van der Waals surface area contributed by atoms with E-state index in [1.54, 1.807) is 6.20 Å². The van der Waals surface area contributed by atoms with Gasteiger partial charge in [0.05, 0.1) is 11.4 Å². The first-order chi connectivity index (χ1) is 27.5. The lowest BCUT2D eigenvalue weighted by atomic mass is 9.79. The summed E-state index contributed by atoms with van der Waals surface area (Å²) in [7, 11) is 0. The average molecular weight is 716 g/mol. The van der Waals surface area contributed by atoms with E-state index in [0.29, 0.717) is 5.78 Å². The molecule has 0 amide bonds. The van der Waals surface area contributed by atoms with Gasteiger partial charge in [-0.25, -0.2) is 9.97 Å². The van der Waals surface area contributed by atoms with Crippen molar-refractivity contribution in [1.29, 1.82) is 0 Å². The maximum Gasteiger partial charge on any atom is 0.234 e. The maximum absolute atomic E-state index is 4.99. The Kier molecular flexibility index (Phi) is 7.20. The fraction of sp³-hybridized carbons (Fsp3) is 0.0566. The van der Waals surface area contributed by atoms with Crippen molar-refractivity contribution in [3.05, 3.63) is 199 Å². The van der Waals surface area contributed by atoms with E-state index in [4.69, 9.17) is 4.98 Å². The van der Waals surface area contributed by atoms with Crippen molar-refractivity contribution < 1.29 is 0 Å². The van der Waals surface area contributed by atoms with Crippen molar-refractivity contribution in [3.63, 3.8) is 0 Å². The van der Waals surface area contributed by atoms with E-state index in [1.807, 2.05) is 18.3 Å². The van der Waals surface area contributed by atoms with Crippen LogP contribution in [0, 0.1) is 0 Å². The Bertz CT molecular complexity index is 3120. The monoisotopic (exact) mass is 715 g/mol. The molecule has 264 valence electrons. The minimum absolute atomic E-state index is 0.199. The molecule has 0 N–H and O–H groups in total. The van der Waals surface area contributed by atoms with Crippen LogP contribution in [0.2, 0.25) is 0 Å². The van der Waals surface area contributed by atoms with Crippen LogP contribution in [0.25, 0.3) is 94.3 Å². The fourth-order valence-electron chi connectivity index (χ4n) is 9.20. The highest BCUT2D eigenvalue weighted by Gasteiger charge is 2.37. The summed E-state index contributed by atoms with van der Waals surface area (Å²) in [4.78, 5) is 9.56. The van der Waals surface area contributed by atoms with Crippen molar-refractivity contribution in [2.24, 2.45) is 0 Å². The predicted octanol–water partition coefficient (Wildman–Crippen LogP) is 13.7. The number of aromatic nitrogens is 3. The second kappa shape index (κ2) is 12.5. The standard InChI is InChI=1S/C53H37N3/c1-53(2)46-31-39(34-23-25-37(26-24-34)50-51(38-19-10-5-11-20-38)56-30-14-29-54-52(56)55-50)27-28-40(46)43-32-44-45(33-47(43)53)49(36-17-8-4-9-18-36)42-22-13-12-21-41(42)48(44)35-15-6-3-7-16-35/h3-33H,1-2H3. The summed E-state index contributed by atoms with van der Waals surface area (Å²) in [5.41, 5.74) is 16.8. The van der Waals surface area contributed by atoms with E-state index < -0.39 is 0 Å². The summed E-state index contributed by atoms with van der Waals surface area (Å²) >= 11 is 0. The van der Waals surface area contributed by atoms with Crippen molar-refractivity contribution in [3.8, 4) is 67.0 Å². The number of hydrogen-bond acceptors (Lipinski definition) is 2. The molecule has 1 aliphatic rings. The Balaban J connectivity index is 1.06. The van der Waals surface area contributed by atoms with E-state index in [2.05, 4.69) is 187 Å². The molecule has 0 unspecified atom stereocenters. The number of nitrogens with zero attached hydrogens (tertiary/aromatic N) is 3. The Morgan fingerprint density at radius 2 is 0.964 bits per heavy atom. The van der Waals surface area contributed by atoms with Gasteiger partial charge in [0.25, 0.3) is 0 Å². The largest absolute Gasteiger partial charge is 0.283 e. The normalized spacial score (nSPS) is 13.0. The van der Waals surface area contributed by atoms with Crippen molar-refractivity contribution in [2.75, 3.05) is 0 Å². The minimum atomic E-state index is -0.199. The van der Waals surface area contributed by atoms with Crippen molar-refractivity contribution in [2.45, 2.75) is 19.3 Å². The first-order valence-electron chi connectivity index (χ1n) is 19.3. The highest BCUT2D eigenvalue weighted by atomic mass is 15.1. The van der Waals surface area contributed by atoms with E-state index >= 15 is 0 Å². The minimum Gasteiger partial charge on any atom is -0.283 e. The summed E-state index contributed by atoms with van der Waals surface area (Å²) in [6.07, 6.45) is 3.84. The third-order valence-corrected chi connectivity index (χ3v) is 11.9. The summed E-state index contributed by atoms with van der Waals surface area (Å²) in [5, 5.41) is 5.13. The SMILES string of the molecule is CC1(C)c2cc(-c3ccc(-c4nc5ncccn5c4-c4ccccc4)cc3)ccc2-c2cc3c(-c4ccccc4)c4ccccc4c(-c4ccccc4)c3cc21. The molecule has 0 radical (unpaired) electrons. The summed E-state index contributed by atoms with van der Waals surface area (Å²) in [6, 6.07) is 64.1. The number of rotatable bonds is 5. The molecular weight excluding hydrogens is 679 g/mol. The van der Waals surface area contributed by atoms with Gasteiger partial charge in [-0.1, -0.05) is 166 Å². The van der Waals surface area contributed by atoms with Gasteiger partial charge in [-0.2, -0.15) is 0 Å². The van der Waals surface area contributed by atoms with E-state index in [0.717, 1.165) is 22.5 Å². The molecule has 0 saturated heterocycles. The zero-order valence-corrected chi connectivity index (χ0v) is 31.2. The van der Waals surface area contributed by atoms with Crippen LogP contribution in [0.4, 0.5) is 0 Å². The van der Waals surface area contributed by atoms with Gasteiger partial charge < -0.3 is 0 Å². The maximum atomic E-state index is 4.99. The van der Waals surface area contributed by atoms with Gasteiger partial charge in [-0.3, -0.25) is 4.40 Å². The quantitative estimate of drug-likeness (QED) is 0.166. The van der Waals surface area contributed by atoms with E-state index in [1.165, 1.54) is 77.2 Å². The molecule has 56 heavy (non-hydrogen) atoms. The molecule has 0 spiro atoms. The van der Waals surface area contributed by atoms with Crippen LogP contribution >= 0.6 is 0 Å². The summed E-state index contributed by atoms with van der Waals surface area (Å²) in [6.45, 7) is 4.78. The molecular formula is C53H37N3. The molecule has 2 aromatic heterocycles. The van der Waals surface area contributed by atoms with Crippen LogP contribution in [-0.4, -0.2) is 14.4 Å². The molecule has 8 aromatic carbocycles. The zero-order chi connectivity index (χ0) is 37.4. The van der Waals surface area contributed by atoms with Crippen LogP contribution < -0.4 is 0 Å². The first-order valence-corrected chi connectivity index (χ1v) is 19.3. The molecule has 3 nitrogen and oxygen atoms in total. The molecule has 0 fully saturated rings. The third kappa shape index (κ3) is 4.91. The van der Waals surface area contributed by atoms with E-state index in [-0.39, 0.29) is 5.41 Å². The fourth-order valence-corrected chi connectivity index (χ4v) is 9.20. The lowest BCUT2D eigenvalue weighted by Crippen LogP contribution is -2.15. The molecule has 0 atom stereocenters. The number of hydrogen-bond donors (Lipinski definition) is 0. The number of benzene rings is 8. The Hall–Kier alpha value is -7.10. The van der Waals surface area contributed by atoms with Gasteiger partial charge in [0, 0.05) is 28.9 Å². The third-order valence-electron chi connectivity index (χ3n) is 11.9.